The number of halogens is 1. The molecule has 0 aliphatic carbocycles. The molecule has 0 N–H and O–H groups in total. The van der Waals surface area contributed by atoms with E-state index in [1.807, 2.05) is 12.1 Å². The first-order valence-electron chi connectivity index (χ1n) is 7.44. The van der Waals surface area contributed by atoms with Crippen molar-refractivity contribution < 1.29 is 8.96 Å². The maximum atomic E-state index is 13.5. The van der Waals surface area contributed by atoms with Crippen molar-refractivity contribution in [2.75, 3.05) is 0 Å². The fourth-order valence-electron chi connectivity index (χ4n) is 3.60. The van der Waals surface area contributed by atoms with Gasteiger partial charge in [0.25, 0.3) is 0 Å². The minimum atomic E-state index is -0.405. The number of hydrogen-bond donors (Lipinski definition) is 0. The topological polar surface area (TPSA) is 3.88 Å². The lowest BCUT2D eigenvalue weighted by Crippen LogP contribution is -2.62. The lowest BCUT2D eigenvalue weighted by atomic mass is 9.79. The molecule has 3 rings (SSSR count). The molecule has 0 amide bonds. The Balaban J connectivity index is 2.34. The van der Waals surface area contributed by atoms with E-state index in [0.29, 0.717) is 0 Å². The molecule has 1 aromatic carbocycles. The minimum absolute atomic E-state index is 0.00632. The lowest BCUT2D eigenvalue weighted by Gasteiger charge is -2.33. The molecule has 1 aromatic heterocycles. The Bertz CT molecular complexity index is 629. The number of hydrogen-bond acceptors (Lipinski definition) is 0. The molecule has 0 spiro atoms. The molecule has 104 valence electrons. The number of rotatable bonds is 3. The zero-order valence-electron chi connectivity index (χ0n) is 12.2. The van der Waals surface area contributed by atoms with Crippen LogP contribution in [0.15, 0.2) is 42.5 Å². The summed E-state index contributed by atoms with van der Waals surface area (Å²) in [6.07, 6.45) is 3.03. The van der Waals surface area contributed by atoms with E-state index in [4.69, 9.17) is 0 Å². The van der Waals surface area contributed by atoms with Crippen molar-refractivity contribution in [3.05, 3.63) is 53.7 Å². The van der Waals surface area contributed by atoms with Gasteiger partial charge in [0, 0.05) is 37.0 Å². The highest BCUT2D eigenvalue weighted by Gasteiger charge is 2.44. The molecule has 20 heavy (non-hydrogen) atoms. The van der Waals surface area contributed by atoms with Gasteiger partial charge in [-0.05, 0) is 17.7 Å². The van der Waals surface area contributed by atoms with Crippen LogP contribution in [0.1, 0.15) is 37.9 Å². The molecule has 1 aliphatic heterocycles. The summed E-state index contributed by atoms with van der Waals surface area (Å²) in [5.74, 6) is 0. The highest BCUT2D eigenvalue weighted by molar-refractivity contribution is 5.62. The van der Waals surface area contributed by atoms with Gasteiger partial charge in [-0.3, -0.25) is 0 Å². The van der Waals surface area contributed by atoms with Crippen LogP contribution in [0.25, 0.3) is 11.3 Å². The Labute approximate surface area is 120 Å². The van der Waals surface area contributed by atoms with E-state index in [1.165, 1.54) is 11.1 Å². The third-order valence-electron chi connectivity index (χ3n) is 4.81. The van der Waals surface area contributed by atoms with Crippen LogP contribution in [0.2, 0.25) is 0 Å². The second kappa shape index (κ2) is 5.01. The van der Waals surface area contributed by atoms with Crippen molar-refractivity contribution in [2.45, 2.75) is 45.3 Å². The average Bonchev–Trinajstić information content (AvgIpc) is 2.53. The largest absolute Gasteiger partial charge is 0.239 e. The van der Waals surface area contributed by atoms with Gasteiger partial charge in [0.1, 0.15) is 0 Å². The summed E-state index contributed by atoms with van der Waals surface area (Å²) in [6, 6.07) is 14.5. The lowest BCUT2D eigenvalue weighted by molar-refractivity contribution is -0.765. The van der Waals surface area contributed by atoms with Crippen molar-refractivity contribution in [3.8, 4) is 11.3 Å². The van der Waals surface area contributed by atoms with Gasteiger partial charge in [0.15, 0.2) is 12.2 Å². The second-order valence-corrected chi connectivity index (χ2v) is 5.64. The second-order valence-electron chi connectivity index (χ2n) is 5.64. The molecule has 0 radical (unpaired) electrons. The van der Waals surface area contributed by atoms with Gasteiger partial charge in [-0.1, -0.05) is 32.0 Å². The first-order chi connectivity index (χ1) is 9.75. The number of fused-ring (bicyclic) bond motifs is 3. The standard InChI is InChI=1S/C18H21FN/c1-3-18(4-2)12-14-8-5-6-10-16(14)17-11-7-9-15(13-19)20(17)18/h5-11H,3-4,12-13H2,1-2H3/q+1. The Morgan fingerprint density at radius 3 is 2.50 bits per heavy atom. The van der Waals surface area contributed by atoms with E-state index in [9.17, 15) is 4.39 Å². The molecule has 0 atom stereocenters. The van der Waals surface area contributed by atoms with E-state index in [0.717, 1.165) is 30.7 Å². The van der Waals surface area contributed by atoms with Crippen molar-refractivity contribution >= 4 is 0 Å². The van der Waals surface area contributed by atoms with Crippen LogP contribution in [0.4, 0.5) is 4.39 Å². The molecular weight excluding hydrogens is 249 g/mol. The smallest absolute Gasteiger partial charge is 0.213 e. The average molecular weight is 270 g/mol. The van der Waals surface area contributed by atoms with Crippen LogP contribution in [0.5, 0.6) is 0 Å². The van der Waals surface area contributed by atoms with Gasteiger partial charge in [-0.25, -0.2) is 4.39 Å². The van der Waals surface area contributed by atoms with Gasteiger partial charge < -0.3 is 0 Å². The zero-order valence-corrected chi connectivity index (χ0v) is 12.2. The molecule has 0 saturated carbocycles. The number of nitrogens with zero attached hydrogens (tertiary/aromatic N) is 1. The van der Waals surface area contributed by atoms with E-state index >= 15 is 0 Å². The zero-order chi connectivity index (χ0) is 14.2. The van der Waals surface area contributed by atoms with Crippen LogP contribution in [0, 0.1) is 0 Å². The van der Waals surface area contributed by atoms with Gasteiger partial charge in [0.05, 0.1) is 0 Å². The van der Waals surface area contributed by atoms with Crippen molar-refractivity contribution in [1.29, 1.82) is 0 Å². The molecule has 2 heteroatoms. The fraction of sp³-hybridized carbons (Fsp3) is 0.389. The number of benzene rings is 1. The van der Waals surface area contributed by atoms with E-state index in [2.05, 4.69) is 48.7 Å². The highest BCUT2D eigenvalue weighted by atomic mass is 19.1. The van der Waals surface area contributed by atoms with Gasteiger partial charge >= 0.3 is 0 Å². The van der Waals surface area contributed by atoms with Crippen molar-refractivity contribution in [3.63, 3.8) is 0 Å². The monoisotopic (exact) mass is 270 g/mol. The minimum Gasteiger partial charge on any atom is -0.239 e. The maximum Gasteiger partial charge on any atom is 0.213 e. The highest BCUT2D eigenvalue weighted by Crippen LogP contribution is 2.36. The third-order valence-corrected chi connectivity index (χ3v) is 4.81. The van der Waals surface area contributed by atoms with Gasteiger partial charge in [0.2, 0.25) is 11.4 Å². The molecule has 0 fully saturated rings. The van der Waals surface area contributed by atoms with Gasteiger partial charge in [-0.2, -0.15) is 4.57 Å². The van der Waals surface area contributed by atoms with E-state index < -0.39 is 6.67 Å². The number of aromatic nitrogens is 1. The van der Waals surface area contributed by atoms with E-state index in [1.54, 1.807) is 0 Å². The number of alkyl halides is 1. The summed E-state index contributed by atoms with van der Waals surface area (Å²) in [6.45, 7) is 4.02. The molecule has 2 heterocycles. The predicted molar refractivity (Wildman–Crippen MR) is 79.1 cm³/mol. The molecule has 0 unspecified atom stereocenters. The first kappa shape index (κ1) is 13.3. The molecule has 0 bridgehead atoms. The summed E-state index contributed by atoms with van der Waals surface area (Å²) in [5, 5.41) is 0. The predicted octanol–water partition coefficient (Wildman–Crippen LogP) is 4.18. The van der Waals surface area contributed by atoms with Crippen LogP contribution in [-0.4, -0.2) is 0 Å². The fourth-order valence-corrected chi connectivity index (χ4v) is 3.60. The SMILES string of the molecule is CCC1(CC)Cc2ccccc2-c2cccc(CF)[n+]21. The van der Waals surface area contributed by atoms with Crippen molar-refractivity contribution in [1.82, 2.24) is 0 Å². The summed E-state index contributed by atoms with van der Waals surface area (Å²) in [4.78, 5) is 0. The molecule has 1 aliphatic rings. The Morgan fingerprint density at radius 2 is 1.80 bits per heavy atom. The Hall–Kier alpha value is -1.70. The van der Waals surface area contributed by atoms with E-state index in [-0.39, 0.29) is 5.54 Å². The Kier molecular flexibility index (Phi) is 3.33. The molecule has 1 nitrogen and oxygen atoms in total. The summed E-state index contributed by atoms with van der Waals surface area (Å²) < 4.78 is 15.7. The third kappa shape index (κ3) is 1.78. The van der Waals surface area contributed by atoms with Gasteiger partial charge in [-0.15, -0.1) is 0 Å². The maximum absolute atomic E-state index is 13.5. The summed E-state index contributed by atoms with van der Waals surface area (Å²) >= 11 is 0. The Morgan fingerprint density at radius 1 is 1.05 bits per heavy atom. The molecule has 2 aromatic rings. The molecular formula is C18H21FN+. The number of pyridine rings is 1. The van der Waals surface area contributed by atoms with Crippen LogP contribution in [-0.2, 0) is 18.6 Å². The van der Waals surface area contributed by atoms with Crippen LogP contribution < -0.4 is 4.57 Å². The van der Waals surface area contributed by atoms with Crippen LogP contribution in [0.3, 0.4) is 0 Å². The first-order valence-corrected chi connectivity index (χ1v) is 7.44. The summed E-state index contributed by atoms with van der Waals surface area (Å²) in [7, 11) is 0. The van der Waals surface area contributed by atoms with Crippen molar-refractivity contribution in [2.24, 2.45) is 0 Å². The normalized spacial score (nSPS) is 15.6. The summed E-state index contributed by atoms with van der Waals surface area (Å²) in [5.41, 5.74) is 4.59. The quantitative estimate of drug-likeness (QED) is 0.737. The molecule has 0 saturated heterocycles. The van der Waals surface area contributed by atoms with Crippen LogP contribution >= 0.6 is 0 Å².